The summed E-state index contributed by atoms with van der Waals surface area (Å²) in [4.78, 5) is 5.05. The maximum atomic E-state index is 5.46. The molecule has 0 aromatic heterocycles. The summed E-state index contributed by atoms with van der Waals surface area (Å²) in [5, 5.41) is 3.81. The van der Waals surface area contributed by atoms with E-state index in [9.17, 15) is 0 Å². The summed E-state index contributed by atoms with van der Waals surface area (Å²) in [7, 11) is 1.75. The van der Waals surface area contributed by atoms with Gasteiger partial charge in [0.05, 0.1) is 13.2 Å². The Balaban J connectivity index is 1.71. The van der Waals surface area contributed by atoms with Crippen molar-refractivity contribution in [3.8, 4) is 0 Å². The zero-order valence-electron chi connectivity index (χ0n) is 15.3. The molecule has 0 spiro atoms. The number of allylic oxidation sites excluding steroid dienone is 2. The average molecular weight is 329 g/mol. The van der Waals surface area contributed by atoms with Crippen LogP contribution in [0.2, 0.25) is 0 Å². The van der Waals surface area contributed by atoms with Crippen molar-refractivity contribution in [3.05, 3.63) is 35.3 Å². The summed E-state index contributed by atoms with van der Waals surface area (Å²) in [5.41, 5.74) is 4.18. The quantitative estimate of drug-likeness (QED) is 0.642. The van der Waals surface area contributed by atoms with E-state index in [0.717, 1.165) is 12.3 Å². The molecular weight excluding hydrogens is 296 g/mol. The van der Waals surface area contributed by atoms with Gasteiger partial charge in [-0.2, -0.15) is 0 Å². The van der Waals surface area contributed by atoms with E-state index >= 15 is 0 Å². The number of unbranched alkanes of at least 4 members (excludes halogenated alkanes) is 4. The molecule has 1 N–H and O–H groups in total. The molecule has 1 heterocycles. The third kappa shape index (κ3) is 3.93. The van der Waals surface area contributed by atoms with E-state index in [1.165, 1.54) is 74.8 Å². The molecule has 2 aliphatic carbocycles. The standard InChI is InChI=1S/C21H32N2O/c1-3-4-5-6-9-14-22-21-17-10-7-8-11-19(17)23-20-13-12-16(24-2)15-18(20)21/h12-13,15,17,20,22H,3-11,14H2,1-2H3. The van der Waals surface area contributed by atoms with Crippen LogP contribution >= 0.6 is 0 Å². The second kappa shape index (κ2) is 8.55. The fourth-order valence-electron chi connectivity index (χ4n) is 4.07. The van der Waals surface area contributed by atoms with Gasteiger partial charge in [0.15, 0.2) is 0 Å². The lowest BCUT2D eigenvalue weighted by Gasteiger charge is -2.35. The number of dihydropyridines is 1. The van der Waals surface area contributed by atoms with Gasteiger partial charge in [-0.25, -0.2) is 0 Å². The number of methoxy groups -OCH3 is 1. The van der Waals surface area contributed by atoms with E-state index in [1.807, 2.05) is 0 Å². The Kier molecular flexibility index (Phi) is 6.17. The molecular formula is C21H32N2O. The van der Waals surface area contributed by atoms with Crippen molar-refractivity contribution < 1.29 is 4.74 Å². The highest BCUT2D eigenvalue weighted by atomic mass is 16.5. The minimum atomic E-state index is 0.191. The summed E-state index contributed by atoms with van der Waals surface area (Å²) in [6.45, 7) is 3.35. The predicted molar refractivity (Wildman–Crippen MR) is 101 cm³/mol. The molecule has 0 saturated heterocycles. The molecule has 0 bridgehead atoms. The van der Waals surface area contributed by atoms with Crippen LogP contribution in [-0.4, -0.2) is 25.4 Å². The molecule has 0 aromatic rings. The van der Waals surface area contributed by atoms with Crippen molar-refractivity contribution in [2.24, 2.45) is 10.9 Å². The molecule has 2 unspecified atom stereocenters. The van der Waals surface area contributed by atoms with E-state index < -0.39 is 0 Å². The van der Waals surface area contributed by atoms with E-state index in [1.54, 1.807) is 7.11 Å². The topological polar surface area (TPSA) is 33.6 Å². The molecule has 3 rings (SSSR count). The third-order valence-electron chi connectivity index (χ3n) is 5.43. The van der Waals surface area contributed by atoms with Gasteiger partial charge in [-0.1, -0.05) is 45.1 Å². The molecule has 0 radical (unpaired) electrons. The van der Waals surface area contributed by atoms with Crippen LogP contribution in [0.5, 0.6) is 0 Å². The highest BCUT2D eigenvalue weighted by Gasteiger charge is 2.33. The number of hydrogen-bond acceptors (Lipinski definition) is 3. The number of nitrogens with zero attached hydrogens (tertiary/aromatic N) is 1. The maximum Gasteiger partial charge on any atom is 0.119 e. The van der Waals surface area contributed by atoms with Crippen molar-refractivity contribution in [1.82, 2.24) is 5.32 Å². The Bertz CT molecular complexity index is 556. The Morgan fingerprint density at radius 1 is 1.21 bits per heavy atom. The van der Waals surface area contributed by atoms with Crippen LogP contribution in [-0.2, 0) is 4.74 Å². The van der Waals surface area contributed by atoms with Crippen molar-refractivity contribution in [1.29, 1.82) is 0 Å². The number of ether oxygens (including phenoxy) is 1. The van der Waals surface area contributed by atoms with Crippen molar-refractivity contribution in [2.75, 3.05) is 13.7 Å². The van der Waals surface area contributed by atoms with Crippen molar-refractivity contribution >= 4 is 5.71 Å². The lowest BCUT2D eigenvalue weighted by atomic mass is 9.79. The smallest absolute Gasteiger partial charge is 0.119 e. The fraction of sp³-hybridized carbons (Fsp3) is 0.667. The van der Waals surface area contributed by atoms with Crippen LogP contribution in [0.4, 0.5) is 0 Å². The van der Waals surface area contributed by atoms with Crippen LogP contribution in [0.25, 0.3) is 0 Å². The van der Waals surface area contributed by atoms with Crippen LogP contribution in [0.1, 0.15) is 64.7 Å². The van der Waals surface area contributed by atoms with Gasteiger partial charge in [0.1, 0.15) is 5.76 Å². The Morgan fingerprint density at radius 2 is 2.08 bits per heavy atom. The molecule has 3 heteroatoms. The third-order valence-corrected chi connectivity index (χ3v) is 5.43. The van der Waals surface area contributed by atoms with Gasteiger partial charge in [-0.3, -0.25) is 4.99 Å². The van der Waals surface area contributed by atoms with Gasteiger partial charge in [-0.15, -0.1) is 0 Å². The summed E-state index contributed by atoms with van der Waals surface area (Å²) >= 11 is 0. The molecule has 3 aliphatic rings. The molecule has 3 nitrogen and oxygen atoms in total. The first-order valence-electron chi connectivity index (χ1n) is 9.82. The van der Waals surface area contributed by atoms with E-state index in [-0.39, 0.29) is 6.04 Å². The van der Waals surface area contributed by atoms with Gasteiger partial charge >= 0.3 is 0 Å². The monoisotopic (exact) mass is 328 g/mol. The number of rotatable bonds is 8. The highest BCUT2D eigenvalue weighted by molar-refractivity contribution is 5.91. The lowest BCUT2D eigenvalue weighted by molar-refractivity contribution is 0.305. The van der Waals surface area contributed by atoms with E-state index in [0.29, 0.717) is 5.92 Å². The SMILES string of the molecule is CCCCCCCNC1=C2C=C(OC)C=CC2N=C2CCCCC21. The molecule has 132 valence electrons. The minimum absolute atomic E-state index is 0.191. The van der Waals surface area contributed by atoms with Gasteiger partial charge in [0.25, 0.3) is 0 Å². The first kappa shape index (κ1) is 17.3. The molecule has 0 amide bonds. The fourth-order valence-corrected chi connectivity index (χ4v) is 4.07. The minimum Gasteiger partial charge on any atom is -0.497 e. The summed E-state index contributed by atoms with van der Waals surface area (Å²) in [6.07, 6.45) is 18.1. The Labute approximate surface area is 147 Å². The largest absolute Gasteiger partial charge is 0.497 e. The second-order valence-corrected chi connectivity index (χ2v) is 7.18. The number of fused-ring (bicyclic) bond motifs is 2. The lowest BCUT2D eigenvalue weighted by Crippen LogP contribution is -2.36. The normalized spacial score (nSPS) is 25.6. The molecule has 0 aromatic carbocycles. The summed E-state index contributed by atoms with van der Waals surface area (Å²) in [5.74, 6) is 1.46. The van der Waals surface area contributed by atoms with Gasteiger partial charge in [-0.05, 0) is 37.8 Å². The van der Waals surface area contributed by atoms with Crippen molar-refractivity contribution in [2.45, 2.75) is 70.8 Å². The van der Waals surface area contributed by atoms with Crippen LogP contribution < -0.4 is 5.32 Å². The number of aliphatic imine (C=N–C) groups is 1. The molecule has 1 saturated carbocycles. The second-order valence-electron chi connectivity index (χ2n) is 7.18. The van der Waals surface area contributed by atoms with Crippen LogP contribution in [0.3, 0.4) is 0 Å². The predicted octanol–water partition coefficient (Wildman–Crippen LogP) is 4.91. The first-order chi connectivity index (χ1) is 11.8. The van der Waals surface area contributed by atoms with Gasteiger partial charge < -0.3 is 10.1 Å². The van der Waals surface area contributed by atoms with Crippen molar-refractivity contribution in [3.63, 3.8) is 0 Å². The molecule has 1 aliphatic heterocycles. The van der Waals surface area contributed by atoms with Gasteiger partial charge in [0, 0.05) is 29.4 Å². The molecule has 1 fully saturated rings. The highest BCUT2D eigenvalue weighted by Crippen LogP contribution is 2.36. The van der Waals surface area contributed by atoms with E-state index in [4.69, 9.17) is 9.73 Å². The molecule has 24 heavy (non-hydrogen) atoms. The number of hydrogen-bond donors (Lipinski definition) is 1. The maximum absolute atomic E-state index is 5.46. The average Bonchev–Trinajstić information content (AvgIpc) is 2.63. The Hall–Kier alpha value is -1.51. The van der Waals surface area contributed by atoms with Gasteiger partial charge in [0.2, 0.25) is 0 Å². The number of nitrogens with one attached hydrogen (secondary N) is 1. The molecule has 2 atom stereocenters. The Morgan fingerprint density at radius 3 is 2.92 bits per heavy atom. The van der Waals surface area contributed by atoms with Crippen LogP contribution in [0, 0.1) is 5.92 Å². The van der Waals surface area contributed by atoms with E-state index in [2.05, 4.69) is 30.5 Å². The summed E-state index contributed by atoms with van der Waals surface area (Å²) < 4.78 is 5.46. The zero-order valence-corrected chi connectivity index (χ0v) is 15.3. The summed E-state index contributed by atoms with van der Waals surface area (Å²) in [6, 6.07) is 0.191. The zero-order chi connectivity index (χ0) is 16.8. The first-order valence-corrected chi connectivity index (χ1v) is 9.82. The van der Waals surface area contributed by atoms with Crippen LogP contribution in [0.15, 0.2) is 40.2 Å².